The third kappa shape index (κ3) is 3.18. The lowest BCUT2D eigenvalue weighted by molar-refractivity contribution is -0.137. The van der Waals surface area contributed by atoms with E-state index in [1.165, 1.54) is 17.0 Å². The summed E-state index contributed by atoms with van der Waals surface area (Å²) in [7, 11) is 0. The minimum Gasteiger partial charge on any atom is -0.310 e. The van der Waals surface area contributed by atoms with Gasteiger partial charge in [0.05, 0.1) is 22.9 Å². The average Bonchev–Trinajstić information content (AvgIpc) is 2.70. The minimum atomic E-state index is -4.76. The van der Waals surface area contributed by atoms with E-state index in [-0.39, 0.29) is 5.69 Å². The second-order valence-corrected chi connectivity index (χ2v) is 6.33. The van der Waals surface area contributed by atoms with Crippen LogP contribution in [0.4, 0.5) is 23.7 Å². The third-order valence-corrected chi connectivity index (χ3v) is 4.25. The summed E-state index contributed by atoms with van der Waals surface area (Å²) >= 11 is 0. The van der Waals surface area contributed by atoms with Crippen LogP contribution in [0.5, 0.6) is 0 Å². The summed E-state index contributed by atoms with van der Waals surface area (Å²) in [5, 5.41) is 8.86. The standard InChI is InChI=1S/C17H18F3N3O2/c1-4-5-8-22-15(25)23(14(24)16(22,2)3)12-7-6-11(10-21)13(9-12)17(18,19)20/h6-7,9H,4-5,8H2,1-3H3. The number of anilines is 1. The SMILES string of the molecule is CCCCN1C(=O)N(c2ccc(C#N)c(C(F)(F)F)c2)C(=O)C1(C)C. The van der Waals surface area contributed by atoms with Crippen molar-refractivity contribution in [1.82, 2.24) is 4.90 Å². The molecule has 2 rings (SSSR count). The number of hydrogen-bond acceptors (Lipinski definition) is 3. The summed E-state index contributed by atoms with van der Waals surface area (Å²) < 4.78 is 39.4. The lowest BCUT2D eigenvalue weighted by atomic mass is 10.0. The second kappa shape index (κ2) is 6.39. The highest BCUT2D eigenvalue weighted by atomic mass is 19.4. The zero-order valence-corrected chi connectivity index (χ0v) is 14.1. The van der Waals surface area contributed by atoms with E-state index in [2.05, 4.69) is 0 Å². The first-order valence-electron chi connectivity index (χ1n) is 7.83. The fourth-order valence-electron chi connectivity index (χ4n) is 2.76. The maximum atomic E-state index is 13.1. The number of amides is 3. The molecule has 1 aliphatic rings. The number of rotatable bonds is 4. The Kier molecular flexibility index (Phi) is 4.80. The minimum absolute atomic E-state index is 0.187. The van der Waals surface area contributed by atoms with Crippen molar-refractivity contribution in [3.8, 4) is 6.07 Å². The van der Waals surface area contributed by atoms with E-state index in [1.807, 2.05) is 6.92 Å². The first-order chi connectivity index (χ1) is 11.6. The van der Waals surface area contributed by atoms with E-state index in [1.54, 1.807) is 13.8 Å². The molecule has 0 N–H and O–H groups in total. The summed E-state index contributed by atoms with van der Waals surface area (Å²) in [5.74, 6) is -0.591. The topological polar surface area (TPSA) is 64.4 Å². The van der Waals surface area contributed by atoms with Gasteiger partial charge >= 0.3 is 12.2 Å². The summed E-state index contributed by atoms with van der Waals surface area (Å²) in [6.45, 7) is 5.41. The number of imide groups is 1. The molecule has 25 heavy (non-hydrogen) atoms. The van der Waals surface area contributed by atoms with Crippen LogP contribution in [0.15, 0.2) is 18.2 Å². The molecule has 1 saturated heterocycles. The molecule has 5 nitrogen and oxygen atoms in total. The van der Waals surface area contributed by atoms with Gasteiger partial charge < -0.3 is 4.90 Å². The van der Waals surface area contributed by atoms with Crippen molar-refractivity contribution < 1.29 is 22.8 Å². The van der Waals surface area contributed by atoms with Gasteiger partial charge in [0.25, 0.3) is 5.91 Å². The highest BCUT2D eigenvalue weighted by Gasteiger charge is 2.51. The Labute approximate surface area is 143 Å². The Morgan fingerprint density at radius 2 is 1.88 bits per heavy atom. The molecule has 0 atom stereocenters. The van der Waals surface area contributed by atoms with Gasteiger partial charge in [0, 0.05) is 6.54 Å². The zero-order chi connectivity index (χ0) is 19.0. The molecule has 0 unspecified atom stereocenters. The van der Waals surface area contributed by atoms with Crippen molar-refractivity contribution in [2.24, 2.45) is 0 Å². The molecule has 8 heteroatoms. The molecule has 0 aromatic heterocycles. The number of halogens is 3. The van der Waals surface area contributed by atoms with Crippen LogP contribution in [0.3, 0.4) is 0 Å². The molecule has 1 aliphatic heterocycles. The van der Waals surface area contributed by atoms with Gasteiger partial charge in [-0.25, -0.2) is 9.69 Å². The molecule has 1 heterocycles. The molecule has 1 fully saturated rings. The maximum Gasteiger partial charge on any atom is 0.417 e. The normalized spacial score (nSPS) is 17.2. The molecule has 0 aliphatic carbocycles. The lowest BCUT2D eigenvalue weighted by Gasteiger charge is -2.27. The van der Waals surface area contributed by atoms with Gasteiger partial charge in [-0.2, -0.15) is 18.4 Å². The monoisotopic (exact) mass is 353 g/mol. The molecule has 0 bridgehead atoms. The summed E-state index contributed by atoms with van der Waals surface area (Å²) in [6.07, 6.45) is -3.27. The Balaban J connectivity index is 2.50. The molecule has 0 radical (unpaired) electrons. The Morgan fingerprint density at radius 1 is 1.24 bits per heavy atom. The summed E-state index contributed by atoms with van der Waals surface area (Å²) in [4.78, 5) is 27.4. The molecule has 134 valence electrons. The average molecular weight is 353 g/mol. The smallest absolute Gasteiger partial charge is 0.310 e. The van der Waals surface area contributed by atoms with E-state index < -0.39 is 34.8 Å². The Hall–Kier alpha value is -2.56. The van der Waals surface area contributed by atoms with Crippen LogP contribution in [0, 0.1) is 11.3 Å². The molecule has 1 aromatic carbocycles. The van der Waals surface area contributed by atoms with Crippen molar-refractivity contribution in [2.75, 3.05) is 11.4 Å². The van der Waals surface area contributed by atoms with Crippen LogP contribution >= 0.6 is 0 Å². The van der Waals surface area contributed by atoms with Gasteiger partial charge in [0.1, 0.15) is 5.54 Å². The van der Waals surface area contributed by atoms with Crippen LogP contribution in [0.2, 0.25) is 0 Å². The van der Waals surface area contributed by atoms with Crippen LogP contribution in [-0.2, 0) is 11.0 Å². The van der Waals surface area contributed by atoms with Crippen LogP contribution in [-0.4, -0.2) is 28.9 Å². The fourth-order valence-corrected chi connectivity index (χ4v) is 2.76. The number of urea groups is 1. The predicted molar refractivity (Wildman–Crippen MR) is 84.7 cm³/mol. The van der Waals surface area contributed by atoms with E-state index in [9.17, 15) is 22.8 Å². The number of alkyl halides is 3. The van der Waals surface area contributed by atoms with Crippen molar-refractivity contribution in [3.63, 3.8) is 0 Å². The van der Waals surface area contributed by atoms with Gasteiger partial charge in [-0.1, -0.05) is 13.3 Å². The van der Waals surface area contributed by atoms with Crippen molar-refractivity contribution >= 4 is 17.6 Å². The molecule has 0 saturated carbocycles. The summed E-state index contributed by atoms with van der Waals surface area (Å²) in [6, 6.07) is 3.66. The fraction of sp³-hybridized carbons (Fsp3) is 0.471. The summed E-state index contributed by atoms with van der Waals surface area (Å²) in [5.41, 5.74) is -3.05. The number of nitriles is 1. The van der Waals surface area contributed by atoms with Gasteiger partial charge in [0.2, 0.25) is 0 Å². The number of benzene rings is 1. The Bertz CT molecular complexity index is 750. The molecule has 3 amide bonds. The number of unbranched alkanes of at least 4 members (excludes halogenated alkanes) is 1. The highest BCUT2D eigenvalue weighted by molar-refractivity contribution is 6.23. The number of carbonyl (C=O) groups excluding carboxylic acids is 2. The van der Waals surface area contributed by atoms with Crippen LogP contribution < -0.4 is 4.90 Å². The van der Waals surface area contributed by atoms with Gasteiger partial charge in [0.15, 0.2) is 0 Å². The first kappa shape index (κ1) is 18.8. The largest absolute Gasteiger partial charge is 0.417 e. The maximum absolute atomic E-state index is 13.1. The van der Waals surface area contributed by atoms with E-state index in [4.69, 9.17) is 5.26 Å². The van der Waals surface area contributed by atoms with E-state index in [0.29, 0.717) is 19.0 Å². The van der Waals surface area contributed by atoms with Crippen molar-refractivity contribution in [1.29, 1.82) is 5.26 Å². The van der Waals surface area contributed by atoms with E-state index >= 15 is 0 Å². The van der Waals surface area contributed by atoms with E-state index in [0.717, 1.165) is 17.4 Å². The quantitative estimate of drug-likeness (QED) is 0.771. The second-order valence-electron chi connectivity index (χ2n) is 6.33. The van der Waals surface area contributed by atoms with Gasteiger partial charge in [-0.3, -0.25) is 4.79 Å². The zero-order valence-electron chi connectivity index (χ0n) is 14.1. The van der Waals surface area contributed by atoms with Crippen LogP contribution in [0.1, 0.15) is 44.7 Å². The third-order valence-electron chi connectivity index (χ3n) is 4.25. The first-order valence-corrected chi connectivity index (χ1v) is 7.83. The Morgan fingerprint density at radius 3 is 2.40 bits per heavy atom. The predicted octanol–water partition coefficient (Wildman–Crippen LogP) is 3.92. The van der Waals surface area contributed by atoms with Gasteiger partial charge in [-0.05, 0) is 38.5 Å². The van der Waals surface area contributed by atoms with Gasteiger partial charge in [-0.15, -0.1) is 0 Å². The molecular weight excluding hydrogens is 335 g/mol. The highest BCUT2D eigenvalue weighted by Crippen LogP contribution is 2.37. The molecular formula is C17H18F3N3O2. The van der Waals surface area contributed by atoms with Crippen molar-refractivity contribution in [3.05, 3.63) is 29.3 Å². The van der Waals surface area contributed by atoms with Crippen molar-refractivity contribution in [2.45, 2.75) is 45.3 Å². The number of nitrogens with zero attached hydrogens (tertiary/aromatic N) is 3. The number of carbonyl (C=O) groups is 2. The lowest BCUT2D eigenvalue weighted by Crippen LogP contribution is -2.44. The molecule has 0 spiro atoms. The van der Waals surface area contributed by atoms with Crippen LogP contribution in [0.25, 0.3) is 0 Å². The number of hydrogen-bond donors (Lipinski definition) is 0. The molecule has 1 aromatic rings.